The highest BCUT2D eigenvalue weighted by Crippen LogP contribution is 2.70. The molecule has 0 saturated heterocycles. The predicted octanol–water partition coefficient (Wildman–Crippen LogP) is 8.45. The van der Waals surface area contributed by atoms with Crippen molar-refractivity contribution in [1.29, 1.82) is 0 Å². The minimum absolute atomic E-state index is 0.0290. The Bertz CT molecular complexity index is 1510. The number of ketones is 3. The van der Waals surface area contributed by atoms with Gasteiger partial charge in [-0.15, -0.1) is 0 Å². The standard InChI is InChI=1S/C38H50O6/c1-21(2)11-13-25-20-37(29-16-14-26(23(5)6)35(29,7)8)32(42)30(31(41)24-12-15-27(39)28(40)19-24)33(43)38(34(37)44,36(25,9)10)18-17-22(3)4/h11-12,15,17,19,25-26,29,39-41H,5,13-14,16,18,20H2,1-4,6-10H3/b31-30+/t25-,26?,29?,37+,38+/m0/s1. The third-order valence-corrected chi connectivity index (χ3v) is 11.6. The number of phenolic OH excluding ortho intramolecular Hbond substituents is 2. The summed E-state index contributed by atoms with van der Waals surface area (Å²) in [6, 6.07) is 3.70. The number of aliphatic hydroxyl groups is 1. The maximum atomic E-state index is 15.5. The van der Waals surface area contributed by atoms with Crippen LogP contribution in [0.2, 0.25) is 0 Å². The molecular weight excluding hydrogens is 552 g/mol. The van der Waals surface area contributed by atoms with E-state index in [1.54, 1.807) is 0 Å². The topological polar surface area (TPSA) is 112 Å². The fourth-order valence-electron chi connectivity index (χ4n) is 9.02. The van der Waals surface area contributed by atoms with E-state index in [9.17, 15) is 15.3 Å². The van der Waals surface area contributed by atoms with Crippen molar-refractivity contribution in [2.24, 2.45) is 39.4 Å². The summed E-state index contributed by atoms with van der Waals surface area (Å²) in [5.74, 6) is -3.49. The molecule has 238 valence electrons. The number of fused-ring (bicyclic) bond motifs is 2. The predicted molar refractivity (Wildman–Crippen MR) is 174 cm³/mol. The number of carbonyl (C=O) groups is 3. The number of carbonyl (C=O) groups excluding carboxylic acids is 3. The maximum absolute atomic E-state index is 15.5. The molecule has 3 fully saturated rings. The summed E-state index contributed by atoms with van der Waals surface area (Å²) in [6.07, 6.45) is 6.48. The van der Waals surface area contributed by atoms with Crippen molar-refractivity contribution in [2.75, 3.05) is 0 Å². The van der Waals surface area contributed by atoms with Gasteiger partial charge in [-0.25, -0.2) is 0 Å². The largest absolute Gasteiger partial charge is 0.506 e. The van der Waals surface area contributed by atoms with Crippen LogP contribution in [0.3, 0.4) is 0 Å². The third-order valence-electron chi connectivity index (χ3n) is 11.6. The summed E-state index contributed by atoms with van der Waals surface area (Å²) in [4.78, 5) is 45.6. The van der Waals surface area contributed by atoms with Crippen LogP contribution in [0.25, 0.3) is 5.76 Å². The molecule has 4 rings (SSSR count). The van der Waals surface area contributed by atoms with Gasteiger partial charge in [0.05, 0.1) is 5.41 Å². The molecule has 3 aliphatic carbocycles. The summed E-state index contributed by atoms with van der Waals surface area (Å²) in [6.45, 7) is 22.3. The summed E-state index contributed by atoms with van der Waals surface area (Å²) < 4.78 is 0. The van der Waals surface area contributed by atoms with Gasteiger partial charge in [0, 0.05) is 5.56 Å². The van der Waals surface area contributed by atoms with E-state index in [2.05, 4.69) is 26.5 Å². The lowest BCUT2D eigenvalue weighted by Gasteiger charge is -2.63. The van der Waals surface area contributed by atoms with Gasteiger partial charge in [0.25, 0.3) is 0 Å². The molecule has 6 nitrogen and oxygen atoms in total. The summed E-state index contributed by atoms with van der Waals surface area (Å²) >= 11 is 0. The van der Waals surface area contributed by atoms with Crippen LogP contribution in [-0.2, 0) is 14.4 Å². The monoisotopic (exact) mass is 602 g/mol. The number of Topliss-reactive ketones (excluding diaryl/α,β-unsaturated/α-hetero) is 3. The SMILES string of the molecule is C=C(C)C1CCC([C@]23C[C@H](CC=C(C)C)C(C)(C)[C@](CC=C(C)C)(C(=O)/C(=C(/O)c4ccc(O)c(O)c4)C2=O)C3=O)C1(C)C. The highest BCUT2D eigenvalue weighted by molar-refractivity contribution is 6.41. The lowest BCUT2D eigenvalue weighted by molar-refractivity contribution is -0.184. The average Bonchev–Trinajstić information content (AvgIpc) is 3.24. The molecule has 1 aromatic carbocycles. The zero-order valence-electron chi connectivity index (χ0n) is 27.9. The van der Waals surface area contributed by atoms with Crippen molar-refractivity contribution in [1.82, 2.24) is 0 Å². The molecule has 3 aliphatic rings. The quantitative estimate of drug-likeness (QED) is 0.0721. The van der Waals surface area contributed by atoms with Gasteiger partial charge in [0.15, 0.2) is 28.8 Å². The van der Waals surface area contributed by atoms with E-state index < -0.39 is 50.5 Å². The van der Waals surface area contributed by atoms with Gasteiger partial charge >= 0.3 is 0 Å². The molecule has 44 heavy (non-hydrogen) atoms. The minimum Gasteiger partial charge on any atom is -0.506 e. The van der Waals surface area contributed by atoms with Gasteiger partial charge in [-0.2, -0.15) is 0 Å². The zero-order valence-corrected chi connectivity index (χ0v) is 27.9. The molecule has 0 amide bonds. The fraction of sp³-hybridized carbons (Fsp3) is 0.553. The Morgan fingerprint density at radius 2 is 1.52 bits per heavy atom. The Hall–Kier alpha value is -3.41. The summed E-state index contributed by atoms with van der Waals surface area (Å²) in [7, 11) is 0. The molecule has 0 aromatic heterocycles. The number of aliphatic hydroxyl groups excluding tert-OH is 1. The van der Waals surface area contributed by atoms with Crippen LogP contribution in [0.5, 0.6) is 11.5 Å². The Kier molecular flexibility index (Phi) is 8.51. The van der Waals surface area contributed by atoms with Crippen molar-refractivity contribution in [3.05, 3.63) is 64.8 Å². The first-order valence-electron chi connectivity index (χ1n) is 15.8. The van der Waals surface area contributed by atoms with E-state index in [0.717, 1.165) is 29.2 Å². The van der Waals surface area contributed by atoms with Crippen LogP contribution in [0.4, 0.5) is 0 Å². The van der Waals surface area contributed by atoms with E-state index in [1.165, 1.54) is 12.1 Å². The molecule has 2 bridgehead atoms. The highest BCUT2D eigenvalue weighted by Gasteiger charge is 2.77. The number of hydrogen-bond acceptors (Lipinski definition) is 6. The van der Waals surface area contributed by atoms with E-state index in [4.69, 9.17) is 0 Å². The molecule has 2 unspecified atom stereocenters. The smallest absolute Gasteiger partial charge is 0.184 e. The molecular formula is C38H50O6. The molecule has 0 radical (unpaired) electrons. The molecule has 3 saturated carbocycles. The van der Waals surface area contributed by atoms with Crippen molar-refractivity contribution >= 4 is 23.1 Å². The van der Waals surface area contributed by atoms with E-state index in [1.807, 2.05) is 54.5 Å². The molecule has 0 aliphatic heterocycles. The Morgan fingerprint density at radius 3 is 2.05 bits per heavy atom. The minimum atomic E-state index is -1.60. The molecule has 5 atom stereocenters. The van der Waals surface area contributed by atoms with Crippen LogP contribution in [-0.4, -0.2) is 32.7 Å². The van der Waals surface area contributed by atoms with Crippen molar-refractivity contribution in [3.8, 4) is 11.5 Å². The van der Waals surface area contributed by atoms with Gasteiger partial charge < -0.3 is 15.3 Å². The Morgan fingerprint density at radius 1 is 0.909 bits per heavy atom. The number of phenols is 2. The van der Waals surface area contributed by atoms with Crippen molar-refractivity contribution in [3.63, 3.8) is 0 Å². The molecule has 0 spiro atoms. The van der Waals surface area contributed by atoms with Crippen LogP contribution in [0.1, 0.15) is 100.0 Å². The number of allylic oxidation sites excluding steroid dienone is 6. The van der Waals surface area contributed by atoms with Crippen molar-refractivity contribution < 1.29 is 29.7 Å². The van der Waals surface area contributed by atoms with E-state index in [-0.39, 0.29) is 47.5 Å². The molecule has 3 N–H and O–H groups in total. The number of hydrogen-bond donors (Lipinski definition) is 3. The molecule has 6 heteroatoms. The summed E-state index contributed by atoms with van der Waals surface area (Å²) in [5.41, 5.74) is -1.73. The summed E-state index contributed by atoms with van der Waals surface area (Å²) in [5, 5.41) is 31.9. The number of rotatable bonds is 7. The van der Waals surface area contributed by atoms with Gasteiger partial charge in [-0.1, -0.05) is 63.1 Å². The number of aromatic hydroxyl groups is 2. The number of benzene rings is 1. The van der Waals surface area contributed by atoms with E-state index in [0.29, 0.717) is 12.8 Å². The van der Waals surface area contributed by atoms with Crippen LogP contribution in [0, 0.1) is 39.4 Å². The van der Waals surface area contributed by atoms with Crippen LogP contribution in [0.15, 0.2) is 59.2 Å². The van der Waals surface area contributed by atoms with Gasteiger partial charge in [0.1, 0.15) is 16.7 Å². The van der Waals surface area contributed by atoms with Gasteiger partial charge in [-0.05, 0) is 114 Å². The normalized spacial score (nSPS) is 31.8. The fourth-order valence-corrected chi connectivity index (χ4v) is 9.02. The van der Waals surface area contributed by atoms with Crippen LogP contribution >= 0.6 is 0 Å². The van der Waals surface area contributed by atoms with E-state index >= 15 is 14.4 Å². The second-order valence-electron chi connectivity index (χ2n) is 15.3. The first-order valence-corrected chi connectivity index (χ1v) is 15.8. The Balaban J connectivity index is 2.14. The molecule has 1 aromatic rings. The second-order valence-corrected chi connectivity index (χ2v) is 15.3. The van der Waals surface area contributed by atoms with Crippen LogP contribution < -0.4 is 0 Å². The lowest BCUT2D eigenvalue weighted by atomic mass is 9.36. The lowest BCUT2D eigenvalue weighted by Crippen LogP contribution is -2.72. The third kappa shape index (κ3) is 4.71. The van der Waals surface area contributed by atoms with Gasteiger partial charge in [0.2, 0.25) is 0 Å². The first kappa shape index (κ1) is 33.5. The van der Waals surface area contributed by atoms with Crippen molar-refractivity contribution in [2.45, 2.75) is 94.4 Å². The molecule has 0 heterocycles. The zero-order chi connectivity index (χ0) is 33.2. The second kappa shape index (κ2) is 11.2. The van der Waals surface area contributed by atoms with Gasteiger partial charge in [-0.3, -0.25) is 14.4 Å². The Labute approximate surface area is 262 Å². The average molecular weight is 603 g/mol. The highest BCUT2D eigenvalue weighted by atomic mass is 16.3. The maximum Gasteiger partial charge on any atom is 0.184 e. The first-order chi connectivity index (χ1) is 20.3.